The summed E-state index contributed by atoms with van der Waals surface area (Å²) in [7, 11) is 0. The molecule has 0 spiro atoms. The molecule has 0 saturated heterocycles. The van der Waals surface area contributed by atoms with Gasteiger partial charge in [0.05, 0.1) is 6.61 Å². The first-order valence-corrected chi connectivity index (χ1v) is 9.63. The van der Waals surface area contributed by atoms with Gasteiger partial charge in [-0.1, -0.05) is 71.1 Å². The fraction of sp³-hybridized carbons (Fsp3) is 1.00. The van der Waals surface area contributed by atoms with Crippen molar-refractivity contribution in [3.8, 4) is 0 Å². The quantitative estimate of drug-likeness (QED) is 0.670. The molecule has 2 saturated carbocycles. The molecule has 2 atom stereocenters. The Morgan fingerprint density at radius 2 is 1.22 bits per heavy atom. The molecule has 0 unspecified atom stereocenters. The number of hydrogen-bond acceptors (Lipinski definition) is 3. The minimum absolute atomic E-state index is 0. The highest BCUT2D eigenvalue weighted by molar-refractivity contribution is 5.85. The zero-order valence-electron chi connectivity index (χ0n) is 15.1. The number of aliphatic hydroxyl groups excluding tert-OH is 2. The van der Waals surface area contributed by atoms with E-state index in [1.165, 1.54) is 70.6 Å². The lowest BCUT2D eigenvalue weighted by Crippen LogP contribution is -2.28. The minimum Gasteiger partial charge on any atom is -0.396 e. The summed E-state index contributed by atoms with van der Waals surface area (Å²) in [5.41, 5.74) is 5.65. The summed E-state index contributed by atoms with van der Waals surface area (Å²) in [6.45, 7) is 2.67. The number of nitrogens with two attached hydrogens (primary N) is 1. The van der Waals surface area contributed by atoms with E-state index in [0.717, 1.165) is 18.3 Å². The Morgan fingerprint density at radius 3 is 1.61 bits per heavy atom. The molecule has 0 amide bonds. The highest BCUT2D eigenvalue weighted by Gasteiger charge is 2.16. The molecular formula is C19H40ClNO2. The van der Waals surface area contributed by atoms with Crippen molar-refractivity contribution < 1.29 is 10.2 Å². The molecular weight excluding hydrogens is 310 g/mol. The minimum atomic E-state index is 0. The van der Waals surface area contributed by atoms with Crippen LogP contribution >= 0.6 is 12.4 Å². The highest BCUT2D eigenvalue weighted by Crippen LogP contribution is 2.28. The molecule has 2 rings (SSSR count). The fourth-order valence-electron chi connectivity index (χ4n) is 3.99. The summed E-state index contributed by atoms with van der Waals surface area (Å²) in [5, 5.41) is 17.6. The lowest BCUT2D eigenvalue weighted by Gasteiger charge is -2.23. The van der Waals surface area contributed by atoms with Crippen LogP contribution in [0.3, 0.4) is 0 Å². The van der Waals surface area contributed by atoms with Gasteiger partial charge in [-0.05, 0) is 30.6 Å². The Hall–Kier alpha value is 0.170. The van der Waals surface area contributed by atoms with E-state index in [1.807, 2.05) is 0 Å². The van der Waals surface area contributed by atoms with E-state index in [1.54, 1.807) is 0 Å². The van der Waals surface area contributed by atoms with Gasteiger partial charge in [-0.15, -0.1) is 12.4 Å². The van der Waals surface area contributed by atoms with Gasteiger partial charge in [0.15, 0.2) is 0 Å². The van der Waals surface area contributed by atoms with Crippen molar-refractivity contribution in [3.63, 3.8) is 0 Å². The summed E-state index contributed by atoms with van der Waals surface area (Å²) in [5.74, 6) is 2.25. The van der Waals surface area contributed by atoms with Crippen molar-refractivity contribution in [3.05, 3.63) is 0 Å². The highest BCUT2D eigenvalue weighted by atomic mass is 35.5. The average Bonchev–Trinajstić information content (AvgIpc) is 2.57. The van der Waals surface area contributed by atoms with Gasteiger partial charge >= 0.3 is 0 Å². The van der Waals surface area contributed by atoms with Crippen LogP contribution in [0.1, 0.15) is 84.0 Å². The second kappa shape index (κ2) is 14.5. The fourth-order valence-corrected chi connectivity index (χ4v) is 3.99. The van der Waals surface area contributed by atoms with Gasteiger partial charge in [0, 0.05) is 12.6 Å². The summed E-state index contributed by atoms with van der Waals surface area (Å²) >= 11 is 0. The molecule has 0 aromatic rings. The van der Waals surface area contributed by atoms with Crippen molar-refractivity contribution in [1.29, 1.82) is 0 Å². The van der Waals surface area contributed by atoms with E-state index >= 15 is 0 Å². The van der Waals surface area contributed by atoms with Gasteiger partial charge in [0.25, 0.3) is 0 Å². The van der Waals surface area contributed by atoms with Gasteiger partial charge in [0.1, 0.15) is 0 Å². The zero-order chi connectivity index (χ0) is 16.2. The Balaban J connectivity index is 0.000000403. The predicted octanol–water partition coefficient (Wildman–Crippen LogP) is 4.28. The maximum absolute atomic E-state index is 8.87. The Bertz CT molecular complexity index is 228. The summed E-state index contributed by atoms with van der Waals surface area (Å²) in [4.78, 5) is 0. The molecule has 4 N–H and O–H groups in total. The molecule has 23 heavy (non-hydrogen) atoms. The van der Waals surface area contributed by atoms with E-state index in [4.69, 9.17) is 15.9 Å². The molecule has 0 radical (unpaired) electrons. The van der Waals surface area contributed by atoms with Crippen molar-refractivity contribution in [2.75, 3.05) is 13.2 Å². The zero-order valence-corrected chi connectivity index (χ0v) is 15.9. The van der Waals surface area contributed by atoms with Crippen molar-refractivity contribution in [2.24, 2.45) is 23.5 Å². The van der Waals surface area contributed by atoms with Gasteiger partial charge in [-0.2, -0.15) is 0 Å². The molecule has 0 aliphatic heterocycles. The average molecular weight is 350 g/mol. The number of halogens is 1. The smallest absolute Gasteiger partial charge is 0.0582 e. The molecule has 4 heteroatoms. The summed E-state index contributed by atoms with van der Waals surface area (Å²) < 4.78 is 0. The van der Waals surface area contributed by atoms with Crippen LogP contribution in [0.15, 0.2) is 0 Å². The summed E-state index contributed by atoms with van der Waals surface area (Å²) in [6, 6.07) is 0.0260. The molecule has 140 valence electrons. The number of hydrogen-bond donors (Lipinski definition) is 3. The molecule has 3 nitrogen and oxygen atoms in total. The predicted molar refractivity (Wildman–Crippen MR) is 101 cm³/mol. The van der Waals surface area contributed by atoms with Gasteiger partial charge in [-0.25, -0.2) is 0 Å². The molecule has 2 fully saturated rings. The third-order valence-electron chi connectivity index (χ3n) is 5.37. The van der Waals surface area contributed by atoms with Crippen LogP contribution < -0.4 is 5.73 Å². The monoisotopic (exact) mass is 349 g/mol. The van der Waals surface area contributed by atoms with E-state index in [-0.39, 0.29) is 25.1 Å². The van der Waals surface area contributed by atoms with E-state index in [2.05, 4.69) is 6.92 Å². The van der Waals surface area contributed by atoms with Crippen molar-refractivity contribution in [2.45, 2.75) is 90.0 Å². The Kier molecular flexibility index (Phi) is 14.6. The third-order valence-corrected chi connectivity index (χ3v) is 5.37. The van der Waals surface area contributed by atoms with E-state index < -0.39 is 0 Å². The topological polar surface area (TPSA) is 66.5 Å². The van der Waals surface area contributed by atoms with Crippen LogP contribution in [0.4, 0.5) is 0 Å². The second-order valence-electron chi connectivity index (χ2n) is 7.71. The first kappa shape index (κ1) is 23.2. The van der Waals surface area contributed by atoms with E-state index in [0.29, 0.717) is 12.5 Å². The molecule has 0 aromatic heterocycles. The normalized spacial score (nSPS) is 22.4. The van der Waals surface area contributed by atoms with Crippen molar-refractivity contribution >= 4 is 12.4 Å². The first-order chi connectivity index (χ1) is 10.7. The van der Waals surface area contributed by atoms with Crippen LogP contribution in [0, 0.1) is 17.8 Å². The van der Waals surface area contributed by atoms with E-state index in [9.17, 15) is 0 Å². The lowest BCUT2D eigenvalue weighted by atomic mass is 9.83. The number of rotatable bonds is 6. The van der Waals surface area contributed by atoms with Gasteiger partial charge < -0.3 is 15.9 Å². The van der Waals surface area contributed by atoms with Crippen LogP contribution in [0.2, 0.25) is 0 Å². The van der Waals surface area contributed by atoms with Crippen LogP contribution in [0.5, 0.6) is 0 Å². The van der Waals surface area contributed by atoms with Crippen LogP contribution in [-0.4, -0.2) is 29.5 Å². The second-order valence-corrected chi connectivity index (χ2v) is 7.71. The lowest BCUT2D eigenvalue weighted by molar-refractivity contribution is 0.197. The van der Waals surface area contributed by atoms with Crippen LogP contribution in [-0.2, 0) is 0 Å². The Morgan fingerprint density at radius 1 is 0.783 bits per heavy atom. The molecule has 2 aliphatic carbocycles. The standard InChI is InChI=1S/C10H20O.C9H19NO.ClH/c1-9(8-11)7-10-5-3-2-4-6-10;10-9(7-11)6-8-4-2-1-3-5-8;/h9-11H,2-8H2,1H3;8-9,11H,1-7,10H2;1H/t2*9-;/m00./s1. The molecule has 0 bridgehead atoms. The SMILES string of the molecule is C[C@H](CO)CC1CCCCC1.Cl.N[C@H](CO)CC1CCCCC1. The maximum Gasteiger partial charge on any atom is 0.0582 e. The van der Waals surface area contributed by atoms with Gasteiger partial charge in [-0.3, -0.25) is 0 Å². The van der Waals surface area contributed by atoms with Gasteiger partial charge in [0.2, 0.25) is 0 Å². The maximum atomic E-state index is 8.87. The molecule has 0 aromatic carbocycles. The van der Waals surface area contributed by atoms with Crippen LogP contribution in [0.25, 0.3) is 0 Å². The number of aliphatic hydroxyl groups is 2. The van der Waals surface area contributed by atoms with Crippen molar-refractivity contribution in [1.82, 2.24) is 0 Å². The Labute approximate surface area is 149 Å². The largest absolute Gasteiger partial charge is 0.396 e. The molecule has 2 aliphatic rings. The molecule has 0 heterocycles. The third kappa shape index (κ3) is 11.4. The first-order valence-electron chi connectivity index (χ1n) is 9.63. The summed E-state index contributed by atoms with van der Waals surface area (Å²) in [6.07, 6.45) is 16.1.